The number of hydrogen-bond acceptors (Lipinski definition) is 4. The molecule has 2 saturated heterocycles. The van der Waals surface area contributed by atoms with Gasteiger partial charge in [0.1, 0.15) is 0 Å². The number of piperidine rings is 1. The Kier molecular flexibility index (Phi) is 5.08. The fraction of sp³-hybridized carbons (Fsp3) is 0.556. The third-order valence-corrected chi connectivity index (χ3v) is 4.93. The Morgan fingerprint density at radius 3 is 3.26 bits per heavy atom. The highest BCUT2D eigenvalue weighted by Gasteiger charge is 2.52. The molecule has 0 radical (unpaired) electrons. The quantitative estimate of drug-likeness (QED) is 0.807. The Labute approximate surface area is 137 Å². The topological polar surface area (TPSA) is 54.5 Å². The fourth-order valence-corrected chi connectivity index (χ4v) is 3.72. The standard InChI is InChI=1S/C18H25N3O2/c1-2-11-21-12-7-16-18(14-21,8-13-23-16)17(22)20-10-6-15-5-3-4-9-19-15/h2-5,9,16H,1,6-8,10-14H2,(H,20,22)/t16-,18-/m0/s1. The second-order valence-electron chi connectivity index (χ2n) is 6.41. The molecule has 0 bridgehead atoms. The normalized spacial score (nSPS) is 27.4. The smallest absolute Gasteiger partial charge is 0.230 e. The van der Waals surface area contributed by atoms with Crippen molar-refractivity contribution in [3.63, 3.8) is 0 Å². The van der Waals surface area contributed by atoms with Crippen molar-refractivity contribution in [1.29, 1.82) is 0 Å². The first-order valence-corrected chi connectivity index (χ1v) is 8.38. The van der Waals surface area contributed by atoms with E-state index in [-0.39, 0.29) is 12.0 Å². The van der Waals surface area contributed by atoms with Gasteiger partial charge >= 0.3 is 0 Å². The zero-order valence-corrected chi connectivity index (χ0v) is 13.5. The van der Waals surface area contributed by atoms with Gasteiger partial charge in [-0.25, -0.2) is 0 Å². The summed E-state index contributed by atoms with van der Waals surface area (Å²) in [7, 11) is 0. The van der Waals surface area contributed by atoms with Crippen LogP contribution in [0, 0.1) is 5.41 Å². The lowest BCUT2D eigenvalue weighted by Crippen LogP contribution is -2.57. The Balaban J connectivity index is 1.60. The molecule has 0 unspecified atom stereocenters. The predicted molar refractivity (Wildman–Crippen MR) is 89.0 cm³/mol. The second-order valence-corrected chi connectivity index (χ2v) is 6.41. The van der Waals surface area contributed by atoms with Crippen molar-refractivity contribution in [3.8, 4) is 0 Å². The summed E-state index contributed by atoms with van der Waals surface area (Å²) < 4.78 is 5.85. The number of rotatable bonds is 6. The molecule has 3 heterocycles. The maximum atomic E-state index is 12.9. The molecule has 5 nitrogen and oxygen atoms in total. The van der Waals surface area contributed by atoms with Gasteiger partial charge in [-0.15, -0.1) is 6.58 Å². The minimum absolute atomic E-state index is 0.0541. The summed E-state index contributed by atoms with van der Waals surface area (Å²) in [4.78, 5) is 19.5. The lowest BCUT2D eigenvalue weighted by Gasteiger charge is -2.42. The average Bonchev–Trinajstić information content (AvgIpc) is 3.00. The minimum atomic E-state index is -0.397. The molecule has 3 rings (SSSR count). The van der Waals surface area contributed by atoms with Crippen LogP contribution in [0.5, 0.6) is 0 Å². The molecule has 2 fully saturated rings. The number of aromatic nitrogens is 1. The van der Waals surface area contributed by atoms with Crippen LogP contribution in [-0.4, -0.2) is 54.7 Å². The molecule has 23 heavy (non-hydrogen) atoms. The first kappa shape index (κ1) is 16.1. The van der Waals surface area contributed by atoms with Crippen molar-refractivity contribution < 1.29 is 9.53 Å². The molecular formula is C18H25N3O2. The molecule has 0 saturated carbocycles. The number of fused-ring (bicyclic) bond motifs is 1. The van der Waals surface area contributed by atoms with Crippen LogP contribution >= 0.6 is 0 Å². The minimum Gasteiger partial charge on any atom is -0.377 e. The van der Waals surface area contributed by atoms with Gasteiger partial charge in [-0.05, 0) is 25.0 Å². The monoisotopic (exact) mass is 315 g/mol. The maximum absolute atomic E-state index is 12.9. The second kappa shape index (κ2) is 7.23. The Bertz CT molecular complexity index is 548. The van der Waals surface area contributed by atoms with Crippen LogP contribution in [0.4, 0.5) is 0 Å². The Hall–Kier alpha value is -1.72. The highest BCUT2D eigenvalue weighted by molar-refractivity contribution is 5.84. The molecule has 2 aliphatic rings. The van der Waals surface area contributed by atoms with Gasteiger partial charge in [0.15, 0.2) is 0 Å². The van der Waals surface area contributed by atoms with Crippen LogP contribution in [0.15, 0.2) is 37.1 Å². The predicted octanol–water partition coefficient (Wildman–Crippen LogP) is 1.41. The molecule has 0 aromatic carbocycles. The number of carbonyl (C=O) groups is 1. The molecule has 0 spiro atoms. The number of hydrogen-bond donors (Lipinski definition) is 1. The SMILES string of the molecule is C=CCN1CC[C@@H]2OCC[C@]2(C(=O)NCCc2ccccn2)C1. The highest BCUT2D eigenvalue weighted by Crippen LogP contribution is 2.41. The summed E-state index contributed by atoms with van der Waals surface area (Å²) >= 11 is 0. The van der Waals surface area contributed by atoms with Gasteiger partial charge in [0.25, 0.3) is 0 Å². The van der Waals surface area contributed by atoms with E-state index < -0.39 is 5.41 Å². The van der Waals surface area contributed by atoms with Crippen LogP contribution in [-0.2, 0) is 16.0 Å². The number of pyridine rings is 1. The number of amides is 1. The van der Waals surface area contributed by atoms with Crippen LogP contribution in [0.2, 0.25) is 0 Å². The van der Waals surface area contributed by atoms with E-state index in [1.807, 2.05) is 24.3 Å². The molecular weight excluding hydrogens is 290 g/mol. The van der Waals surface area contributed by atoms with E-state index in [1.54, 1.807) is 6.20 Å². The van der Waals surface area contributed by atoms with Gasteiger partial charge in [-0.2, -0.15) is 0 Å². The van der Waals surface area contributed by atoms with Crippen molar-refractivity contribution in [1.82, 2.24) is 15.2 Å². The van der Waals surface area contributed by atoms with Gasteiger partial charge in [0, 0.05) is 51.1 Å². The summed E-state index contributed by atoms with van der Waals surface area (Å²) in [5, 5.41) is 3.11. The third-order valence-electron chi connectivity index (χ3n) is 4.93. The van der Waals surface area contributed by atoms with Crippen LogP contribution in [0.1, 0.15) is 18.5 Å². The van der Waals surface area contributed by atoms with E-state index in [0.29, 0.717) is 13.2 Å². The van der Waals surface area contributed by atoms with E-state index in [4.69, 9.17) is 4.74 Å². The zero-order chi connectivity index (χ0) is 16.1. The van der Waals surface area contributed by atoms with Crippen molar-refractivity contribution >= 4 is 5.91 Å². The first-order valence-electron chi connectivity index (χ1n) is 8.38. The van der Waals surface area contributed by atoms with Gasteiger partial charge < -0.3 is 10.1 Å². The highest BCUT2D eigenvalue weighted by atomic mass is 16.5. The van der Waals surface area contributed by atoms with Crippen molar-refractivity contribution in [2.24, 2.45) is 5.41 Å². The number of carbonyl (C=O) groups excluding carboxylic acids is 1. The van der Waals surface area contributed by atoms with Gasteiger partial charge in [-0.1, -0.05) is 12.1 Å². The van der Waals surface area contributed by atoms with Gasteiger partial charge in [0.05, 0.1) is 11.5 Å². The molecule has 1 N–H and O–H groups in total. The van der Waals surface area contributed by atoms with E-state index in [9.17, 15) is 4.79 Å². The van der Waals surface area contributed by atoms with E-state index >= 15 is 0 Å². The lowest BCUT2D eigenvalue weighted by molar-refractivity contribution is -0.139. The Morgan fingerprint density at radius 1 is 1.57 bits per heavy atom. The molecule has 0 aliphatic carbocycles. The first-order chi connectivity index (χ1) is 11.2. The lowest BCUT2D eigenvalue weighted by atomic mass is 9.75. The molecule has 2 aliphatic heterocycles. The van der Waals surface area contributed by atoms with E-state index in [0.717, 1.165) is 44.6 Å². The van der Waals surface area contributed by atoms with Crippen molar-refractivity contribution in [2.45, 2.75) is 25.4 Å². The summed E-state index contributed by atoms with van der Waals surface area (Å²) in [6, 6.07) is 5.86. The summed E-state index contributed by atoms with van der Waals surface area (Å²) in [6.07, 6.45) is 6.22. The number of ether oxygens (including phenoxy) is 1. The van der Waals surface area contributed by atoms with E-state index in [1.165, 1.54) is 0 Å². The van der Waals surface area contributed by atoms with Gasteiger partial charge in [0.2, 0.25) is 5.91 Å². The third kappa shape index (κ3) is 3.46. The van der Waals surface area contributed by atoms with E-state index in [2.05, 4.69) is 21.8 Å². The van der Waals surface area contributed by atoms with Gasteiger partial charge in [-0.3, -0.25) is 14.7 Å². The zero-order valence-electron chi connectivity index (χ0n) is 13.5. The number of nitrogens with one attached hydrogen (secondary N) is 1. The fourth-order valence-electron chi connectivity index (χ4n) is 3.72. The van der Waals surface area contributed by atoms with Crippen LogP contribution < -0.4 is 5.32 Å². The molecule has 1 aromatic rings. The van der Waals surface area contributed by atoms with Crippen molar-refractivity contribution in [2.75, 3.05) is 32.8 Å². The number of nitrogens with zero attached hydrogens (tertiary/aromatic N) is 2. The number of likely N-dealkylation sites (tertiary alicyclic amines) is 1. The Morgan fingerprint density at radius 2 is 2.48 bits per heavy atom. The summed E-state index contributed by atoms with van der Waals surface area (Å²) in [5.41, 5.74) is 0.604. The molecule has 2 atom stereocenters. The molecule has 124 valence electrons. The molecule has 1 aromatic heterocycles. The average molecular weight is 315 g/mol. The largest absolute Gasteiger partial charge is 0.377 e. The van der Waals surface area contributed by atoms with Crippen molar-refractivity contribution in [3.05, 3.63) is 42.7 Å². The summed E-state index contributed by atoms with van der Waals surface area (Å²) in [6.45, 7) is 7.67. The van der Waals surface area contributed by atoms with Crippen LogP contribution in [0.3, 0.4) is 0 Å². The van der Waals surface area contributed by atoms with Crippen LogP contribution in [0.25, 0.3) is 0 Å². The molecule has 5 heteroatoms. The maximum Gasteiger partial charge on any atom is 0.230 e. The summed E-state index contributed by atoms with van der Waals surface area (Å²) in [5.74, 6) is 0.129. The molecule has 1 amide bonds.